The Kier molecular flexibility index (Phi) is 4.98. The van der Waals surface area contributed by atoms with Gasteiger partial charge in [-0.15, -0.1) is 0 Å². The van der Waals surface area contributed by atoms with Gasteiger partial charge in [-0.05, 0) is 48.5 Å². The Labute approximate surface area is 158 Å². The Bertz CT molecular complexity index is 899. The van der Waals surface area contributed by atoms with Crippen LogP contribution in [-0.2, 0) is 4.74 Å². The molecule has 2 aromatic carbocycles. The molecule has 0 saturated carbocycles. The van der Waals surface area contributed by atoms with Gasteiger partial charge in [0.25, 0.3) is 0 Å². The second-order valence-electron chi connectivity index (χ2n) is 6.30. The summed E-state index contributed by atoms with van der Waals surface area (Å²) in [5, 5.41) is 4.48. The maximum Gasteiger partial charge on any atom is 0.162 e. The second kappa shape index (κ2) is 7.72. The monoisotopic (exact) mass is 366 g/mol. The number of hydrogen-bond donors (Lipinski definition) is 0. The molecule has 1 aromatic heterocycles. The van der Waals surface area contributed by atoms with Gasteiger partial charge in [0.05, 0.1) is 45.0 Å². The van der Waals surface area contributed by atoms with E-state index in [2.05, 4.69) is 5.10 Å². The fraction of sp³-hybridized carbons (Fsp3) is 0.286. The van der Waals surface area contributed by atoms with Crippen molar-refractivity contribution in [2.45, 2.75) is 12.5 Å². The number of nitrogens with zero attached hydrogens (tertiary/aromatic N) is 2. The predicted molar refractivity (Wildman–Crippen MR) is 102 cm³/mol. The van der Waals surface area contributed by atoms with Crippen LogP contribution < -0.4 is 14.2 Å². The maximum absolute atomic E-state index is 6.12. The van der Waals surface area contributed by atoms with E-state index in [0.717, 1.165) is 35.7 Å². The third kappa shape index (κ3) is 3.61. The minimum atomic E-state index is 0.0562. The summed E-state index contributed by atoms with van der Waals surface area (Å²) in [7, 11) is 3.30. The standard InChI is InChI=1S/C21H22N2O4/c1-24-17-6-4-16(5-7-17)23-19(9-11-22-23)15-3-8-20(25-2)21(13-15)27-18-10-12-26-14-18/h3-9,11,13,18H,10,12,14H2,1-2H3/t18-/m1/s1. The van der Waals surface area contributed by atoms with Crippen molar-refractivity contribution in [1.29, 1.82) is 0 Å². The Morgan fingerprint density at radius 2 is 1.85 bits per heavy atom. The summed E-state index contributed by atoms with van der Waals surface area (Å²) in [5.41, 5.74) is 2.92. The van der Waals surface area contributed by atoms with Crippen LogP contribution >= 0.6 is 0 Å². The smallest absolute Gasteiger partial charge is 0.162 e. The summed E-state index contributed by atoms with van der Waals surface area (Å²) in [4.78, 5) is 0. The zero-order chi connectivity index (χ0) is 18.6. The summed E-state index contributed by atoms with van der Waals surface area (Å²) < 4.78 is 24.1. The van der Waals surface area contributed by atoms with Crippen molar-refractivity contribution in [3.63, 3.8) is 0 Å². The van der Waals surface area contributed by atoms with E-state index in [1.165, 1.54) is 0 Å². The van der Waals surface area contributed by atoms with Gasteiger partial charge in [-0.1, -0.05) is 0 Å². The number of benzene rings is 2. The molecule has 4 rings (SSSR count). The van der Waals surface area contributed by atoms with E-state index < -0.39 is 0 Å². The SMILES string of the molecule is COc1ccc(-n2nccc2-c2ccc(OC)c(O[C@@H]3CCOC3)c2)cc1. The molecule has 27 heavy (non-hydrogen) atoms. The van der Waals surface area contributed by atoms with E-state index in [-0.39, 0.29) is 6.10 Å². The van der Waals surface area contributed by atoms with Crippen molar-refractivity contribution in [3.05, 3.63) is 54.7 Å². The average Bonchev–Trinajstić information content (AvgIpc) is 3.40. The van der Waals surface area contributed by atoms with Crippen molar-refractivity contribution in [2.24, 2.45) is 0 Å². The van der Waals surface area contributed by atoms with Crippen molar-refractivity contribution in [1.82, 2.24) is 9.78 Å². The topological polar surface area (TPSA) is 54.7 Å². The first-order valence-electron chi connectivity index (χ1n) is 8.90. The van der Waals surface area contributed by atoms with Gasteiger partial charge in [-0.2, -0.15) is 5.10 Å². The Morgan fingerprint density at radius 3 is 2.56 bits per heavy atom. The van der Waals surface area contributed by atoms with Crippen LogP contribution in [0, 0.1) is 0 Å². The molecule has 0 N–H and O–H groups in total. The minimum Gasteiger partial charge on any atom is -0.497 e. The third-order valence-electron chi connectivity index (χ3n) is 4.60. The fourth-order valence-corrected chi connectivity index (χ4v) is 3.16. The molecule has 6 nitrogen and oxygen atoms in total. The molecule has 1 fully saturated rings. The molecule has 0 bridgehead atoms. The molecular formula is C21H22N2O4. The zero-order valence-corrected chi connectivity index (χ0v) is 15.4. The summed E-state index contributed by atoms with van der Waals surface area (Å²) in [6, 6.07) is 15.7. The minimum absolute atomic E-state index is 0.0562. The van der Waals surface area contributed by atoms with Crippen LogP contribution in [0.3, 0.4) is 0 Å². The molecule has 6 heteroatoms. The molecular weight excluding hydrogens is 344 g/mol. The molecule has 0 amide bonds. The van der Waals surface area contributed by atoms with Crippen molar-refractivity contribution >= 4 is 0 Å². The number of methoxy groups -OCH3 is 2. The highest BCUT2D eigenvalue weighted by Gasteiger charge is 2.20. The normalized spacial score (nSPS) is 16.3. The lowest BCUT2D eigenvalue weighted by atomic mass is 10.1. The van der Waals surface area contributed by atoms with E-state index in [9.17, 15) is 0 Å². The number of aromatic nitrogens is 2. The number of ether oxygens (including phenoxy) is 4. The first kappa shape index (κ1) is 17.4. The van der Waals surface area contributed by atoms with Gasteiger partial charge in [0.1, 0.15) is 11.9 Å². The molecule has 0 unspecified atom stereocenters. The van der Waals surface area contributed by atoms with Crippen LogP contribution in [0.1, 0.15) is 6.42 Å². The largest absolute Gasteiger partial charge is 0.497 e. The van der Waals surface area contributed by atoms with E-state index in [4.69, 9.17) is 18.9 Å². The highest BCUT2D eigenvalue weighted by atomic mass is 16.6. The molecule has 1 saturated heterocycles. The molecule has 1 aliphatic heterocycles. The molecule has 0 radical (unpaired) electrons. The zero-order valence-electron chi connectivity index (χ0n) is 15.4. The fourth-order valence-electron chi connectivity index (χ4n) is 3.16. The summed E-state index contributed by atoms with van der Waals surface area (Å²) in [5.74, 6) is 2.24. The van der Waals surface area contributed by atoms with Crippen LogP contribution in [-0.4, -0.2) is 43.3 Å². The summed E-state index contributed by atoms with van der Waals surface area (Å²) >= 11 is 0. The molecule has 3 aromatic rings. The molecule has 0 aliphatic carbocycles. The molecule has 140 valence electrons. The van der Waals surface area contributed by atoms with Gasteiger partial charge in [-0.3, -0.25) is 0 Å². The van der Waals surface area contributed by atoms with Crippen molar-refractivity contribution in [2.75, 3.05) is 27.4 Å². The lowest BCUT2D eigenvalue weighted by Crippen LogP contribution is -2.16. The highest BCUT2D eigenvalue weighted by molar-refractivity contribution is 5.66. The van der Waals surface area contributed by atoms with Crippen LogP contribution in [0.25, 0.3) is 16.9 Å². The highest BCUT2D eigenvalue weighted by Crippen LogP contribution is 2.34. The lowest BCUT2D eigenvalue weighted by molar-refractivity contribution is 0.138. The van der Waals surface area contributed by atoms with Gasteiger partial charge in [0.2, 0.25) is 0 Å². The summed E-state index contributed by atoms with van der Waals surface area (Å²) in [6.45, 7) is 1.34. The quantitative estimate of drug-likeness (QED) is 0.665. The average molecular weight is 366 g/mol. The van der Waals surface area contributed by atoms with E-state index >= 15 is 0 Å². The van der Waals surface area contributed by atoms with Crippen molar-refractivity contribution < 1.29 is 18.9 Å². The van der Waals surface area contributed by atoms with E-state index in [1.54, 1.807) is 20.4 Å². The van der Waals surface area contributed by atoms with Crippen LogP contribution in [0.5, 0.6) is 17.2 Å². The Balaban J connectivity index is 1.68. The Morgan fingerprint density at radius 1 is 1.00 bits per heavy atom. The van der Waals surface area contributed by atoms with Gasteiger partial charge >= 0.3 is 0 Å². The van der Waals surface area contributed by atoms with Gasteiger partial charge in [-0.25, -0.2) is 4.68 Å². The van der Waals surface area contributed by atoms with Gasteiger partial charge in [0.15, 0.2) is 11.5 Å². The third-order valence-corrected chi connectivity index (χ3v) is 4.60. The van der Waals surface area contributed by atoms with Crippen LogP contribution in [0.2, 0.25) is 0 Å². The molecule has 1 aliphatic rings. The first-order valence-corrected chi connectivity index (χ1v) is 8.90. The van der Waals surface area contributed by atoms with Crippen LogP contribution in [0.15, 0.2) is 54.7 Å². The van der Waals surface area contributed by atoms with Crippen molar-refractivity contribution in [3.8, 4) is 34.2 Å². The van der Waals surface area contributed by atoms with Gasteiger partial charge in [0, 0.05) is 12.0 Å². The maximum atomic E-state index is 6.12. The van der Waals surface area contributed by atoms with Crippen LogP contribution in [0.4, 0.5) is 0 Å². The van der Waals surface area contributed by atoms with E-state index in [1.807, 2.05) is 53.2 Å². The molecule has 0 spiro atoms. The number of hydrogen-bond acceptors (Lipinski definition) is 5. The van der Waals surface area contributed by atoms with E-state index in [0.29, 0.717) is 18.1 Å². The molecule has 2 heterocycles. The predicted octanol–water partition coefficient (Wildman–Crippen LogP) is 3.72. The summed E-state index contributed by atoms with van der Waals surface area (Å²) in [6.07, 6.45) is 2.73. The second-order valence-corrected chi connectivity index (χ2v) is 6.30. The molecule has 1 atom stereocenters. The van der Waals surface area contributed by atoms with Gasteiger partial charge < -0.3 is 18.9 Å². The number of rotatable bonds is 6. The first-order chi connectivity index (χ1) is 13.3. The Hall–Kier alpha value is -2.99. The lowest BCUT2D eigenvalue weighted by Gasteiger charge is -2.16.